The Kier molecular flexibility index (Phi) is 7.24. The van der Waals surface area contributed by atoms with Gasteiger partial charge in [-0.05, 0) is 92.4 Å². The lowest BCUT2D eigenvalue weighted by Gasteiger charge is -2.37. The van der Waals surface area contributed by atoms with Crippen molar-refractivity contribution in [2.24, 2.45) is 0 Å². The Bertz CT molecular complexity index is 2560. The molecule has 53 heavy (non-hydrogen) atoms. The van der Waals surface area contributed by atoms with E-state index in [1.165, 1.54) is 32.2 Å². The Morgan fingerprint density at radius 1 is 0.566 bits per heavy atom. The molecule has 0 saturated carbocycles. The zero-order valence-corrected chi connectivity index (χ0v) is 33.0. The van der Waals surface area contributed by atoms with Crippen LogP contribution in [0.2, 0.25) is 0 Å². The molecule has 9 rings (SSSR count). The molecular formula is C48H46BNO2S. The number of hydrogen-bond donors (Lipinski definition) is 0. The predicted octanol–water partition coefficient (Wildman–Crippen LogP) is 12.1. The van der Waals surface area contributed by atoms with Gasteiger partial charge in [0.1, 0.15) is 28.7 Å². The molecule has 0 aliphatic carbocycles. The topological polar surface area (TPSA) is 21.7 Å². The first-order valence-electron chi connectivity index (χ1n) is 19.2. The molecule has 0 fully saturated rings. The van der Waals surface area contributed by atoms with E-state index in [2.05, 4.69) is 164 Å². The largest absolute Gasteiger partial charge is 0.458 e. The van der Waals surface area contributed by atoms with E-state index in [0.717, 1.165) is 49.6 Å². The van der Waals surface area contributed by atoms with Gasteiger partial charge in [-0.1, -0.05) is 129 Å². The average molecular weight is 713 g/mol. The van der Waals surface area contributed by atoms with Gasteiger partial charge in [0, 0.05) is 32.3 Å². The van der Waals surface area contributed by atoms with Crippen molar-refractivity contribution in [1.82, 2.24) is 0 Å². The predicted molar refractivity (Wildman–Crippen MR) is 228 cm³/mol. The van der Waals surface area contributed by atoms with E-state index in [-0.39, 0.29) is 23.0 Å². The molecule has 1 aromatic heterocycles. The highest BCUT2D eigenvalue weighted by Crippen LogP contribution is 2.51. The van der Waals surface area contributed by atoms with Gasteiger partial charge >= 0.3 is 0 Å². The van der Waals surface area contributed by atoms with Crippen LogP contribution < -0.4 is 30.8 Å². The van der Waals surface area contributed by atoms with Crippen molar-refractivity contribution in [2.45, 2.75) is 78.6 Å². The Hall–Kier alpha value is -5.00. The van der Waals surface area contributed by atoms with Crippen molar-refractivity contribution >= 4 is 71.7 Å². The third kappa shape index (κ3) is 5.55. The summed E-state index contributed by atoms with van der Waals surface area (Å²) in [5.41, 5.74) is 10.1. The van der Waals surface area contributed by atoms with E-state index in [4.69, 9.17) is 10.8 Å². The summed E-state index contributed by atoms with van der Waals surface area (Å²) < 4.78 is 25.0. The summed E-state index contributed by atoms with van der Waals surface area (Å²) in [4.78, 5) is 2.40. The van der Waals surface area contributed by atoms with Crippen molar-refractivity contribution < 1.29 is 10.8 Å². The number of benzene rings is 6. The number of nitrogens with zero attached hydrogens (tertiary/aromatic N) is 1. The molecule has 264 valence electrons. The molecule has 0 atom stereocenters. The summed E-state index contributed by atoms with van der Waals surface area (Å²) in [6.45, 7) is 20.2. The molecule has 3 nitrogen and oxygen atoms in total. The Balaban J connectivity index is 1.39. The summed E-state index contributed by atoms with van der Waals surface area (Å²) in [5.74, 6) is 3.01. The number of anilines is 3. The first-order chi connectivity index (χ1) is 25.6. The Morgan fingerprint density at radius 3 is 1.74 bits per heavy atom. The summed E-state index contributed by atoms with van der Waals surface area (Å²) >= 11 is 1.81. The molecular weight excluding hydrogens is 665 g/mol. The lowest BCUT2D eigenvalue weighted by atomic mass is 9.34. The SMILES string of the molecule is [2H]c1cc2c3c(c1)Oc1c(cc4c(sc5ccccc54)c1N(c1ccc(C(C)(C)C)cc1)c1ccc(C(C)(C)C)cc1)B3c1cc(C(C)(C)C)ccc1O2. The molecule has 0 amide bonds. The van der Waals surface area contributed by atoms with Crippen LogP contribution in [0.15, 0.2) is 115 Å². The smallest absolute Gasteiger partial charge is 0.260 e. The molecule has 0 bridgehead atoms. The molecule has 7 aromatic rings. The molecule has 0 spiro atoms. The van der Waals surface area contributed by atoms with E-state index in [1.807, 2.05) is 23.5 Å². The van der Waals surface area contributed by atoms with Crippen molar-refractivity contribution in [3.63, 3.8) is 0 Å². The summed E-state index contributed by atoms with van der Waals surface area (Å²) in [6, 6.07) is 39.9. The fourth-order valence-electron chi connectivity index (χ4n) is 7.96. The summed E-state index contributed by atoms with van der Waals surface area (Å²) in [6.07, 6.45) is 0. The van der Waals surface area contributed by atoms with Gasteiger partial charge in [0.25, 0.3) is 6.71 Å². The van der Waals surface area contributed by atoms with E-state index < -0.39 is 0 Å². The van der Waals surface area contributed by atoms with Crippen molar-refractivity contribution in [1.29, 1.82) is 0 Å². The zero-order valence-electron chi connectivity index (χ0n) is 33.1. The van der Waals surface area contributed by atoms with Gasteiger partial charge in [-0.25, -0.2) is 0 Å². The first-order valence-corrected chi connectivity index (χ1v) is 19.5. The van der Waals surface area contributed by atoms with Crippen LogP contribution in [0.4, 0.5) is 17.1 Å². The van der Waals surface area contributed by atoms with Crippen LogP contribution in [0, 0.1) is 0 Å². The molecule has 5 heteroatoms. The summed E-state index contributed by atoms with van der Waals surface area (Å²) in [7, 11) is 0. The van der Waals surface area contributed by atoms with Gasteiger partial charge in [0.15, 0.2) is 0 Å². The lowest BCUT2D eigenvalue weighted by molar-refractivity contribution is 0.465. The van der Waals surface area contributed by atoms with E-state index in [9.17, 15) is 0 Å². The number of thiophene rings is 1. The van der Waals surface area contributed by atoms with Gasteiger partial charge in [0.2, 0.25) is 0 Å². The van der Waals surface area contributed by atoms with Gasteiger partial charge in [-0.3, -0.25) is 0 Å². The second-order valence-electron chi connectivity index (χ2n) is 17.8. The molecule has 3 heterocycles. The fourth-order valence-corrected chi connectivity index (χ4v) is 9.18. The van der Waals surface area contributed by atoms with E-state index in [0.29, 0.717) is 17.5 Å². The van der Waals surface area contributed by atoms with Crippen LogP contribution in [0.25, 0.3) is 20.2 Å². The molecule has 2 aliphatic rings. The minimum absolute atomic E-state index is 0.0171. The van der Waals surface area contributed by atoms with Crippen LogP contribution >= 0.6 is 11.3 Å². The third-order valence-electron chi connectivity index (χ3n) is 11.0. The minimum Gasteiger partial charge on any atom is -0.458 e. The Morgan fingerprint density at radius 2 is 1.13 bits per heavy atom. The maximum Gasteiger partial charge on any atom is 0.260 e. The maximum absolute atomic E-state index is 8.84. The number of rotatable bonds is 3. The quantitative estimate of drug-likeness (QED) is 0.170. The third-order valence-corrected chi connectivity index (χ3v) is 12.2. The lowest BCUT2D eigenvalue weighted by Crippen LogP contribution is -2.57. The minimum atomic E-state index is -0.152. The van der Waals surface area contributed by atoms with Crippen LogP contribution in [-0.2, 0) is 16.2 Å². The van der Waals surface area contributed by atoms with Crippen LogP contribution in [0.1, 0.15) is 80.4 Å². The second kappa shape index (κ2) is 11.8. The molecule has 6 aromatic carbocycles. The van der Waals surface area contributed by atoms with E-state index >= 15 is 0 Å². The Labute approximate surface area is 319 Å². The first kappa shape index (κ1) is 32.6. The standard InChI is InChI=1S/C48H46BNO2S/c1-46(2,3)29-17-22-32(23-18-29)50(33-24-19-30(20-25-33)47(4,5)6)43-44-37(28-35-34-13-10-11-16-41(34)53-45(35)43)49-36-27-31(48(7,8)9)21-26-38(36)51-39-14-12-15-40(52-44)42(39)49/h10-28H,1-9H3/i12D. The summed E-state index contributed by atoms with van der Waals surface area (Å²) in [5, 5.41) is 2.44. The van der Waals surface area contributed by atoms with Crippen LogP contribution in [-0.4, -0.2) is 6.71 Å². The van der Waals surface area contributed by atoms with Crippen molar-refractivity contribution in [3.8, 4) is 23.0 Å². The molecule has 0 unspecified atom stereocenters. The monoisotopic (exact) mass is 712 g/mol. The second-order valence-corrected chi connectivity index (χ2v) is 18.8. The molecule has 0 N–H and O–H groups in total. The number of hydrogen-bond acceptors (Lipinski definition) is 4. The van der Waals surface area contributed by atoms with Crippen LogP contribution in [0.3, 0.4) is 0 Å². The zero-order chi connectivity index (χ0) is 37.9. The highest BCUT2D eigenvalue weighted by molar-refractivity contribution is 7.26. The van der Waals surface area contributed by atoms with E-state index in [1.54, 1.807) is 0 Å². The van der Waals surface area contributed by atoms with Crippen LogP contribution in [0.5, 0.6) is 23.0 Å². The van der Waals surface area contributed by atoms with Gasteiger partial charge in [0.05, 0.1) is 6.07 Å². The highest BCUT2D eigenvalue weighted by atomic mass is 32.1. The van der Waals surface area contributed by atoms with Crippen molar-refractivity contribution in [2.75, 3.05) is 4.90 Å². The molecule has 0 radical (unpaired) electrons. The average Bonchev–Trinajstić information content (AvgIpc) is 3.49. The van der Waals surface area contributed by atoms with Crippen molar-refractivity contribution in [3.05, 3.63) is 132 Å². The fraction of sp³-hybridized carbons (Fsp3) is 0.250. The number of ether oxygens (including phenoxy) is 2. The maximum atomic E-state index is 8.84. The number of fused-ring (bicyclic) bond motifs is 7. The normalized spacial score (nSPS) is 13.9. The van der Waals surface area contributed by atoms with Gasteiger partial charge in [-0.2, -0.15) is 0 Å². The molecule has 2 aliphatic heterocycles. The highest BCUT2D eigenvalue weighted by Gasteiger charge is 2.43. The van der Waals surface area contributed by atoms with Gasteiger partial charge in [-0.15, -0.1) is 11.3 Å². The van der Waals surface area contributed by atoms with Gasteiger partial charge < -0.3 is 14.4 Å². The molecule has 0 saturated heterocycles.